The molecule has 2 unspecified atom stereocenters. The summed E-state index contributed by atoms with van der Waals surface area (Å²) >= 11 is 0. The number of rotatable bonds is 5. The summed E-state index contributed by atoms with van der Waals surface area (Å²) in [6.45, 7) is 2.45. The van der Waals surface area contributed by atoms with Gasteiger partial charge in [-0.1, -0.05) is 54.8 Å². The average molecular weight is 383 g/mol. The topological polar surface area (TPSA) is 70.2 Å². The van der Waals surface area contributed by atoms with Gasteiger partial charge in [0.05, 0.1) is 11.6 Å². The first-order valence-electron chi connectivity index (χ1n) is 9.68. The van der Waals surface area contributed by atoms with Crippen LogP contribution >= 0.6 is 0 Å². The van der Waals surface area contributed by atoms with Crippen molar-refractivity contribution < 1.29 is 14.0 Å². The number of benzene rings is 2. The molecule has 3 rings (SSSR count). The van der Waals surface area contributed by atoms with E-state index in [1.54, 1.807) is 12.1 Å². The molecule has 0 aromatic heterocycles. The van der Waals surface area contributed by atoms with E-state index in [9.17, 15) is 14.0 Å². The van der Waals surface area contributed by atoms with Gasteiger partial charge in [0.2, 0.25) is 0 Å². The Kier molecular flexibility index (Phi) is 6.63. The zero-order valence-corrected chi connectivity index (χ0v) is 16.0. The Hall–Kier alpha value is -2.89. The fourth-order valence-electron chi connectivity index (χ4n) is 3.48. The van der Waals surface area contributed by atoms with Crippen molar-refractivity contribution in [3.63, 3.8) is 0 Å². The molecule has 0 heterocycles. The molecular formula is C22H26FN3O2. The highest BCUT2D eigenvalue weighted by atomic mass is 19.1. The van der Waals surface area contributed by atoms with Gasteiger partial charge in [0.25, 0.3) is 5.91 Å². The van der Waals surface area contributed by atoms with Crippen molar-refractivity contribution in [2.45, 2.75) is 51.2 Å². The van der Waals surface area contributed by atoms with Crippen LogP contribution in [-0.2, 0) is 6.54 Å². The van der Waals surface area contributed by atoms with Crippen LogP contribution in [0.1, 0.15) is 47.2 Å². The van der Waals surface area contributed by atoms with Gasteiger partial charge in [0, 0.05) is 12.6 Å². The van der Waals surface area contributed by atoms with Gasteiger partial charge in [0.1, 0.15) is 5.82 Å². The number of hydrogen-bond acceptors (Lipinski definition) is 2. The molecule has 1 aliphatic rings. The van der Waals surface area contributed by atoms with Crippen LogP contribution in [0.3, 0.4) is 0 Å². The van der Waals surface area contributed by atoms with Gasteiger partial charge >= 0.3 is 6.03 Å². The molecule has 2 aromatic rings. The van der Waals surface area contributed by atoms with Crippen LogP contribution in [0.15, 0.2) is 48.5 Å². The van der Waals surface area contributed by atoms with E-state index in [0.29, 0.717) is 6.54 Å². The number of urea groups is 1. The summed E-state index contributed by atoms with van der Waals surface area (Å²) < 4.78 is 13.8. The standard InChI is InChI=1S/C22H26FN3O2/c1-15-10-12-16(13-11-15)14-24-22(28)26-20-9-5-4-8-19(20)25-21(27)17-6-2-3-7-18(17)23/h2-3,6-7,10-13,19-20H,4-5,8-9,14H2,1H3,(H,25,27)(H2,24,26,28). The van der Waals surface area contributed by atoms with E-state index in [1.165, 1.54) is 17.7 Å². The lowest BCUT2D eigenvalue weighted by atomic mass is 9.90. The molecule has 0 aliphatic heterocycles. The molecule has 2 atom stereocenters. The number of carbonyl (C=O) groups is 2. The zero-order valence-electron chi connectivity index (χ0n) is 16.0. The Balaban J connectivity index is 1.55. The molecule has 5 nitrogen and oxygen atoms in total. The molecule has 6 heteroatoms. The highest BCUT2D eigenvalue weighted by Gasteiger charge is 2.28. The maximum Gasteiger partial charge on any atom is 0.315 e. The van der Waals surface area contributed by atoms with Crippen molar-refractivity contribution in [2.24, 2.45) is 0 Å². The number of carbonyl (C=O) groups excluding carboxylic acids is 2. The van der Waals surface area contributed by atoms with E-state index in [0.717, 1.165) is 31.2 Å². The van der Waals surface area contributed by atoms with E-state index in [-0.39, 0.29) is 23.7 Å². The van der Waals surface area contributed by atoms with Crippen molar-refractivity contribution in [2.75, 3.05) is 0 Å². The minimum absolute atomic E-state index is 0.0237. The molecular weight excluding hydrogens is 357 g/mol. The Morgan fingerprint density at radius 2 is 1.61 bits per heavy atom. The van der Waals surface area contributed by atoms with Gasteiger partial charge in [-0.05, 0) is 37.5 Å². The Labute approximate surface area is 164 Å². The van der Waals surface area contributed by atoms with Crippen molar-refractivity contribution in [1.29, 1.82) is 0 Å². The first kappa shape index (κ1) is 19.9. The molecule has 28 heavy (non-hydrogen) atoms. The molecule has 1 fully saturated rings. The van der Waals surface area contributed by atoms with Gasteiger partial charge in [-0.2, -0.15) is 0 Å². The molecule has 148 valence electrons. The average Bonchev–Trinajstić information content (AvgIpc) is 2.69. The molecule has 0 saturated heterocycles. The molecule has 3 N–H and O–H groups in total. The smallest absolute Gasteiger partial charge is 0.315 e. The highest BCUT2D eigenvalue weighted by molar-refractivity contribution is 5.94. The van der Waals surface area contributed by atoms with Gasteiger partial charge in [-0.15, -0.1) is 0 Å². The highest BCUT2D eigenvalue weighted by Crippen LogP contribution is 2.19. The largest absolute Gasteiger partial charge is 0.347 e. The van der Waals surface area contributed by atoms with E-state index in [4.69, 9.17) is 0 Å². The van der Waals surface area contributed by atoms with Crippen LogP contribution < -0.4 is 16.0 Å². The summed E-state index contributed by atoms with van der Waals surface area (Å²) in [6, 6.07) is 13.2. The van der Waals surface area contributed by atoms with Crippen molar-refractivity contribution in [1.82, 2.24) is 16.0 Å². The number of halogens is 1. The summed E-state index contributed by atoms with van der Waals surface area (Å²) in [7, 11) is 0. The van der Waals surface area contributed by atoms with Crippen LogP contribution in [0.25, 0.3) is 0 Å². The third kappa shape index (κ3) is 5.31. The normalized spacial score (nSPS) is 18.9. The fourth-order valence-corrected chi connectivity index (χ4v) is 3.48. The number of aryl methyl sites for hydroxylation is 1. The predicted molar refractivity (Wildman–Crippen MR) is 106 cm³/mol. The van der Waals surface area contributed by atoms with Crippen molar-refractivity contribution >= 4 is 11.9 Å². The van der Waals surface area contributed by atoms with E-state index < -0.39 is 11.7 Å². The van der Waals surface area contributed by atoms with Crippen LogP contribution in [0.4, 0.5) is 9.18 Å². The number of amides is 3. The second-order valence-electron chi connectivity index (χ2n) is 7.26. The Morgan fingerprint density at radius 1 is 0.964 bits per heavy atom. The summed E-state index contributed by atoms with van der Waals surface area (Å²) in [5.74, 6) is -0.993. The first-order chi connectivity index (χ1) is 13.5. The van der Waals surface area contributed by atoms with E-state index >= 15 is 0 Å². The third-order valence-corrected chi connectivity index (χ3v) is 5.09. The van der Waals surface area contributed by atoms with Crippen LogP contribution in [0.2, 0.25) is 0 Å². The maximum atomic E-state index is 13.8. The van der Waals surface area contributed by atoms with Crippen molar-refractivity contribution in [3.8, 4) is 0 Å². The summed E-state index contributed by atoms with van der Waals surface area (Å²) in [5.41, 5.74) is 2.22. The molecule has 1 saturated carbocycles. The summed E-state index contributed by atoms with van der Waals surface area (Å²) in [6.07, 6.45) is 3.48. The second-order valence-corrected chi connectivity index (χ2v) is 7.26. The lowest BCUT2D eigenvalue weighted by Gasteiger charge is -2.32. The van der Waals surface area contributed by atoms with Crippen LogP contribution in [0.5, 0.6) is 0 Å². The molecule has 0 radical (unpaired) electrons. The fraction of sp³-hybridized carbons (Fsp3) is 0.364. The Bertz CT molecular complexity index is 823. The quantitative estimate of drug-likeness (QED) is 0.737. The minimum atomic E-state index is -0.545. The van der Waals surface area contributed by atoms with Crippen molar-refractivity contribution in [3.05, 3.63) is 71.0 Å². The molecule has 0 bridgehead atoms. The zero-order chi connectivity index (χ0) is 19.9. The van der Waals surface area contributed by atoms with Crippen LogP contribution in [0, 0.1) is 12.7 Å². The van der Waals surface area contributed by atoms with E-state index in [2.05, 4.69) is 16.0 Å². The number of hydrogen-bond donors (Lipinski definition) is 3. The second kappa shape index (κ2) is 9.35. The van der Waals surface area contributed by atoms with Gasteiger partial charge in [0.15, 0.2) is 0 Å². The maximum absolute atomic E-state index is 13.8. The minimum Gasteiger partial charge on any atom is -0.347 e. The summed E-state index contributed by atoms with van der Waals surface area (Å²) in [4.78, 5) is 24.7. The van der Waals surface area contributed by atoms with E-state index in [1.807, 2.05) is 31.2 Å². The van der Waals surface area contributed by atoms with Gasteiger partial charge in [-0.3, -0.25) is 4.79 Å². The third-order valence-electron chi connectivity index (χ3n) is 5.09. The van der Waals surface area contributed by atoms with Gasteiger partial charge < -0.3 is 16.0 Å². The molecule has 0 spiro atoms. The van der Waals surface area contributed by atoms with Crippen LogP contribution in [-0.4, -0.2) is 24.0 Å². The Morgan fingerprint density at radius 3 is 2.29 bits per heavy atom. The summed E-state index contributed by atoms with van der Waals surface area (Å²) in [5, 5.41) is 8.71. The monoisotopic (exact) mass is 383 g/mol. The SMILES string of the molecule is Cc1ccc(CNC(=O)NC2CCCCC2NC(=O)c2ccccc2F)cc1. The lowest BCUT2D eigenvalue weighted by Crippen LogP contribution is -2.55. The number of nitrogens with one attached hydrogen (secondary N) is 3. The molecule has 3 amide bonds. The first-order valence-corrected chi connectivity index (χ1v) is 9.68. The predicted octanol–water partition coefficient (Wildman–Crippen LogP) is 3.67. The van der Waals surface area contributed by atoms with Gasteiger partial charge in [-0.25, -0.2) is 9.18 Å². The molecule has 2 aromatic carbocycles. The lowest BCUT2D eigenvalue weighted by molar-refractivity contribution is 0.0911. The molecule has 1 aliphatic carbocycles.